The quantitative estimate of drug-likeness (QED) is 0.628. The molecule has 1 aliphatic rings. The van der Waals surface area contributed by atoms with Gasteiger partial charge in [-0.25, -0.2) is 13.2 Å². The normalized spacial score (nSPS) is 14.3. The van der Waals surface area contributed by atoms with Crippen LogP contribution in [0.5, 0.6) is 0 Å². The highest BCUT2D eigenvalue weighted by Gasteiger charge is 2.24. The lowest BCUT2D eigenvalue weighted by Gasteiger charge is -2.18. The van der Waals surface area contributed by atoms with Crippen molar-refractivity contribution in [2.45, 2.75) is 30.3 Å². The van der Waals surface area contributed by atoms with E-state index >= 15 is 0 Å². The summed E-state index contributed by atoms with van der Waals surface area (Å²) in [7, 11) is -2.24. The van der Waals surface area contributed by atoms with Crippen LogP contribution in [0, 0.1) is 0 Å². The Labute approximate surface area is 168 Å². The molecule has 0 unspecified atom stereocenters. The zero-order valence-corrected chi connectivity index (χ0v) is 16.6. The van der Waals surface area contributed by atoms with Crippen LogP contribution in [-0.4, -0.2) is 31.7 Å². The van der Waals surface area contributed by atoms with E-state index < -0.39 is 15.6 Å². The van der Waals surface area contributed by atoms with Crippen LogP contribution in [-0.2, 0) is 16.6 Å². The number of hydrogen-bond donors (Lipinski definition) is 1. The van der Waals surface area contributed by atoms with Gasteiger partial charge in [-0.05, 0) is 54.8 Å². The number of carbonyl (C=O) groups excluding carboxylic acids is 1. The summed E-state index contributed by atoms with van der Waals surface area (Å²) in [5.41, 5.74) is 1.17. The topological polar surface area (TPSA) is 96.7 Å². The minimum Gasteiger partial charge on any atom is -0.423 e. The Kier molecular flexibility index (Phi) is 4.97. The summed E-state index contributed by atoms with van der Waals surface area (Å²) in [6.45, 7) is 0.161. The number of amides is 1. The van der Waals surface area contributed by atoms with Gasteiger partial charge in [0.2, 0.25) is 10.0 Å². The summed E-state index contributed by atoms with van der Waals surface area (Å²) >= 11 is 0. The summed E-state index contributed by atoms with van der Waals surface area (Å²) in [6.07, 6.45) is 2.04. The lowest BCUT2D eigenvalue weighted by atomic mass is 10.1. The lowest BCUT2D eigenvalue weighted by molar-refractivity contribution is 0.0951. The molecule has 1 aromatic heterocycles. The number of benzene rings is 2. The zero-order chi connectivity index (χ0) is 20.6. The Morgan fingerprint density at radius 3 is 2.52 bits per heavy atom. The molecule has 0 aliphatic heterocycles. The van der Waals surface area contributed by atoms with Gasteiger partial charge >= 0.3 is 5.63 Å². The fourth-order valence-electron chi connectivity index (χ4n) is 2.99. The van der Waals surface area contributed by atoms with E-state index in [0.717, 1.165) is 18.4 Å². The Morgan fingerprint density at radius 1 is 1.10 bits per heavy atom. The minimum absolute atomic E-state index is 0.108. The highest BCUT2D eigenvalue weighted by Crippen LogP contribution is 2.22. The van der Waals surface area contributed by atoms with Crippen molar-refractivity contribution in [2.24, 2.45) is 0 Å². The molecule has 0 radical (unpaired) electrons. The van der Waals surface area contributed by atoms with Crippen LogP contribution in [0.2, 0.25) is 0 Å². The molecule has 1 heterocycles. The number of nitrogens with zero attached hydrogens (tertiary/aromatic N) is 1. The molecule has 4 rings (SSSR count). The molecule has 1 fully saturated rings. The third kappa shape index (κ3) is 4.23. The maximum atomic E-state index is 12.9. The van der Waals surface area contributed by atoms with E-state index in [-0.39, 0.29) is 23.4 Å². The number of nitrogens with one attached hydrogen (secondary N) is 1. The van der Waals surface area contributed by atoms with Gasteiger partial charge in [0, 0.05) is 36.7 Å². The maximum absolute atomic E-state index is 12.9. The average molecular weight is 412 g/mol. The average Bonchev–Trinajstić information content (AvgIpc) is 3.52. The number of carbonyl (C=O) groups is 1. The largest absolute Gasteiger partial charge is 0.423 e. The number of rotatable bonds is 6. The number of fused-ring (bicyclic) bond motifs is 1. The maximum Gasteiger partial charge on any atom is 0.336 e. The SMILES string of the molecule is CN(Cc1ccc(C(=O)NC2CC2)cc1)S(=O)(=O)c1ccc2oc(=O)ccc2c1. The fourth-order valence-corrected chi connectivity index (χ4v) is 4.19. The molecule has 2 aromatic carbocycles. The van der Waals surface area contributed by atoms with Crippen LogP contribution < -0.4 is 10.9 Å². The summed E-state index contributed by atoms with van der Waals surface area (Å²) < 4.78 is 32.1. The van der Waals surface area contributed by atoms with Gasteiger partial charge in [-0.3, -0.25) is 4.79 Å². The van der Waals surface area contributed by atoms with E-state index in [4.69, 9.17) is 4.42 Å². The van der Waals surface area contributed by atoms with Crippen LogP contribution in [0.25, 0.3) is 11.0 Å². The third-order valence-electron chi connectivity index (χ3n) is 4.83. The van der Waals surface area contributed by atoms with E-state index in [0.29, 0.717) is 16.5 Å². The first kappa shape index (κ1) is 19.4. The van der Waals surface area contributed by atoms with E-state index in [1.165, 1.54) is 41.7 Å². The Bertz CT molecular complexity index is 1230. The van der Waals surface area contributed by atoms with E-state index in [9.17, 15) is 18.0 Å². The van der Waals surface area contributed by atoms with E-state index in [1.54, 1.807) is 24.3 Å². The van der Waals surface area contributed by atoms with Crippen LogP contribution >= 0.6 is 0 Å². The second-order valence-electron chi connectivity index (χ2n) is 7.16. The third-order valence-corrected chi connectivity index (χ3v) is 6.63. The van der Waals surface area contributed by atoms with Gasteiger partial charge in [0.1, 0.15) is 5.58 Å². The molecule has 7 nitrogen and oxygen atoms in total. The van der Waals surface area contributed by atoms with Crippen molar-refractivity contribution in [3.8, 4) is 0 Å². The smallest absolute Gasteiger partial charge is 0.336 e. The van der Waals surface area contributed by atoms with E-state index in [1.807, 2.05) is 0 Å². The van der Waals surface area contributed by atoms with Gasteiger partial charge in [0.05, 0.1) is 4.90 Å². The van der Waals surface area contributed by atoms with Crippen LogP contribution in [0.3, 0.4) is 0 Å². The second kappa shape index (κ2) is 7.46. The molecule has 1 N–H and O–H groups in total. The highest BCUT2D eigenvalue weighted by atomic mass is 32.2. The Hall–Kier alpha value is -2.97. The van der Waals surface area contributed by atoms with Crippen LogP contribution in [0.4, 0.5) is 0 Å². The standard InChI is InChI=1S/C21H20N2O5S/c1-23(13-14-2-4-15(5-3-14)21(25)22-17-7-8-17)29(26,27)18-9-10-19-16(12-18)6-11-20(24)28-19/h2-6,9-12,17H,7-8,13H2,1H3,(H,22,25). The molecule has 8 heteroatoms. The molecule has 1 aliphatic carbocycles. The Morgan fingerprint density at radius 2 is 1.83 bits per heavy atom. The predicted octanol–water partition coefficient (Wildman–Crippen LogP) is 2.51. The van der Waals surface area contributed by atoms with Gasteiger partial charge < -0.3 is 9.73 Å². The van der Waals surface area contributed by atoms with Gasteiger partial charge in [-0.1, -0.05) is 12.1 Å². The molecule has 29 heavy (non-hydrogen) atoms. The molecular weight excluding hydrogens is 392 g/mol. The van der Waals surface area contributed by atoms with Crippen molar-refractivity contribution in [1.29, 1.82) is 0 Å². The molecule has 150 valence electrons. The first-order valence-electron chi connectivity index (χ1n) is 9.23. The predicted molar refractivity (Wildman–Crippen MR) is 108 cm³/mol. The van der Waals surface area contributed by atoms with E-state index in [2.05, 4.69) is 5.32 Å². The molecule has 1 saturated carbocycles. The summed E-state index contributed by atoms with van der Waals surface area (Å²) in [5, 5.41) is 3.45. The van der Waals surface area contributed by atoms with Gasteiger partial charge in [-0.15, -0.1) is 0 Å². The molecule has 1 amide bonds. The Balaban J connectivity index is 1.50. The fraction of sp³-hybridized carbons (Fsp3) is 0.238. The molecular formula is C21H20N2O5S. The van der Waals surface area contributed by atoms with Crippen molar-refractivity contribution in [2.75, 3.05) is 7.05 Å². The highest BCUT2D eigenvalue weighted by molar-refractivity contribution is 7.89. The minimum atomic E-state index is -3.74. The zero-order valence-electron chi connectivity index (χ0n) is 15.8. The van der Waals surface area contributed by atoms with Crippen molar-refractivity contribution in [1.82, 2.24) is 9.62 Å². The van der Waals surface area contributed by atoms with Crippen molar-refractivity contribution in [3.05, 3.63) is 76.1 Å². The molecule has 0 atom stereocenters. The molecule has 0 bridgehead atoms. The lowest BCUT2D eigenvalue weighted by Crippen LogP contribution is -2.27. The summed E-state index contributed by atoms with van der Waals surface area (Å²) in [6, 6.07) is 14.4. The van der Waals surface area contributed by atoms with Crippen molar-refractivity contribution >= 4 is 26.9 Å². The second-order valence-corrected chi connectivity index (χ2v) is 9.20. The molecule has 3 aromatic rings. The van der Waals surface area contributed by atoms with Gasteiger partial charge in [0.25, 0.3) is 5.91 Å². The van der Waals surface area contributed by atoms with Gasteiger partial charge in [-0.2, -0.15) is 4.31 Å². The molecule has 0 saturated heterocycles. The number of hydrogen-bond acceptors (Lipinski definition) is 5. The van der Waals surface area contributed by atoms with Gasteiger partial charge in [0.15, 0.2) is 0 Å². The first-order valence-corrected chi connectivity index (χ1v) is 10.7. The molecule has 0 spiro atoms. The first-order chi connectivity index (χ1) is 13.8. The summed E-state index contributed by atoms with van der Waals surface area (Å²) in [4.78, 5) is 23.4. The number of sulfonamides is 1. The monoisotopic (exact) mass is 412 g/mol. The summed E-state index contributed by atoms with van der Waals surface area (Å²) in [5.74, 6) is -0.108. The van der Waals surface area contributed by atoms with Crippen LogP contribution in [0.15, 0.2) is 68.7 Å². The van der Waals surface area contributed by atoms with Crippen LogP contribution in [0.1, 0.15) is 28.8 Å². The van der Waals surface area contributed by atoms with Crippen molar-refractivity contribution in [3.63, 3.8) is 0 Å². The van der Waals surface area contributed by atoms with Crippen molar-refractivity contribution < 1.29 is 17.6 Å².